The Hall–Kier alpha value is -1.67. The van der Waals surface area contributed by atoms with Gasteiger partial charge in [0.1, 0.15) is 48.5 Å². The van der Waals surface area contributed by atoms with Gasteiger partial charge in [0.25, 0.3) is 0 Å². The van der Waals surface area contributed by atoms with Crippen LogP contribution >= 0.6 is 15.6 Å². The predicted octanol–water partition coefficient (Wildman–Crippen LogP) is -2.89. The fourth-order valence-electron chi connectivity index (χ4n) is 3.73. The van der Waals surface area contributed by atoms with Gasteiger partial charge in [0, 0.05) is 0 Å². The van der Waals surface area contributed by atoms with Crippen LogP contribution in [0.1, 0.15) is 13.2 Å². The number of phosphoric ester groups is 2. The first-order valence-corrected chi connectivity index (χ1v) is 13.5. The molecule has 19 nitrogen and oxygen atoms in total. The van der Waals surface area contributed by atoms with Crippen LogP contribution in [-0.2, 0) is 32.0 Å². The molecule has 37 heavy (non-hydrogen) atoms. The molecule has 2 fully saturated rings. The number of rotatable bonds is 8. The first-order chi connectivity index (χ1) is 17.2. The van der Waals surface area contributed by atoms with Gasteiger partial charge >= 0.3 is 15.6 Å². The van der Waals surface area contributed by atoms with Crippen molar-refractivity contribution in [3.05, 3.63) is 12.7 Å². The second-order valence-corrected chi connectivity index (χ2v) is 11.2. The van der Waals surface area contributed by atoms with Crippen molar-refractivity contribution in [1.29, 1.82) is 0 Å². The third kappa shape index (κ3) is 5.85. The zero-order valence-corrected chi connectivity index (χ0v) is 20.6. The maximum atomic E-state index is 12.3. The minimum absolute atomic E-state index is 0.0528. The summed E-state index contributed by atoms with van der Waals surface area (Å²) in [6.45, 7) is 0.360. The lowest BCUT2D eigenvalue weighted by Gasteiger charge is -2.38. The Labute approximate surface area is 207 Å². The lowest BCUT2D eigenvalue weighted by Crippen LogP contribution is -2.57. The van der Waals surface area contributed by atoms with Crippen LogP contribution < -0.4 is 5.73 Å². The number of phosphoric acid groups is 2. The maximum absolute atomic E-state index is 12.3. The van der Waals surface area contributed by atoms with E-state index in [1.165, 1.54) is 17.8 Å². The summed E-state index contributed by atoms with van der Waals surface area (Å²) in [6, 6.07) is 0. The molecule has 0 spiro atoms. The van der Waals surface area contributed by atoms with Crippen molar-refractivity contribution in [2.75, 3.05) is 12.3 Å². The van der Waals surface area contributed by atoms with Gasteiger partial charge in [0.2, 0.25) is 0 Å². The van der Waals surface area contributed by atoms with Gasteiger partial charge in [-0.15, -0.1) is 0 Å². The van der Waals surface area contributed by atoms with Crippen molar-refractivity contribution >= 4 is 32.6 Å². The molecule has 208 valence electrons. The molecule has 0 amide bonds. The highest BCUT2D eigenvalue weighted by atomic mass is 31.3. The second-order valence-electron chi connectivity index (χ2n) is 8.23. The van der Waals surface area contributed by atoms with Gasteiger partial charge in [-0.05, 0) is 6.92 Å². The molecule has 2 aromatic rings. The van der Waals surface area contributed by atoms with Crippen LogP contribution in [0.5, 0.6) is 0 Å². The van der Waals surface area contributed by atoms with Crippen molar-refractivity contribution in [3.8, 4) is 0 Å². The van der Waals surface area contributed by atoms with Crippen LogP contribution in [-0.4, -0.2) is 110 Å². The van der Waals surface area contributed by atoms with Crippen molar-refractivity contribution in [1.82, 2.24) is 19.5 Å². The van der Waals surface area contributed by atoms with Crippen molar-refractivity contribution in [3.63, 3.8) is 0 Å². The van der Waals surface area contributed by atoms with E-state index in [1.807, 2.05) is 0 Å². The number of aromatic nitrogens is 4. The number of aliphatic hydroxyl groups excluding tert-OH is 5. The molecule has 2 aliphatic rings. The summed E-state index contributed by atoms with van der Waals surface area (Å²) in [5.74, 6) is 0.0528. The lowest BCUT2D eigenvalue weighted by atomic mass is 10.0. The van der Waals surface area contributed by atoms with E-state index in [2.05, 4.69) is 28.3 Å². The molecule has 0 bridgehead atoms. The first kappa shape index (κ1) is 28.3. The van der Waals surface area contributed by atoms with E-state index in [0.717, 1.165) is 6.33 Å². The summed E-state index contributed by atoms with van der Waals surface area (Å²) in [5, 5.41) is 50.0. The molecule has 9 N–H and O–H groups in total. The molecular weight excluding hydrogens is 548 g/mol. The highest BCUT2D eigenvalue weighted by Gasteiger charge is 2.49. The second kappa shape index (κ2) is 10.5. The Morgan fingerprint density at radius 1 is 0.973 bits per heavy atom. The summed E-state index contributed by atoms with van der Waals surface area (Å²) >= 11 is 0. The largest absolute Gasteiger partial charge is 0.483 e. The fraction of sp³-hybridized carbons (Fsp3) is 0.688. The summed E-state index contributed by atoms with van der Waals surface area (Å²) in [4.78, 5) is 31.5. The van der Waals surface area contributed by atoms with E-state index >= 15 is 0 Å². The van der Waals surface area contributed by atoms with Crippen LogP contribution in [0.4, 0.5) is 5.82 Å². The van der Waals surface area contributed by atoms with Crippen molar-refractivity contribution < 1.29 is 67.3 Å². The molecule has 3 unspecified atom stereocenters. The smallest absolute Gasteiger partial charge is 0.388 e. The zero-order valence-electron chi connectivity index (χ0n) is 18.8. The minimum Gasteiger partial charge on any atom is -0.388 e. The molecule has 0 saturated carbocycles. The van der Waals surface area contributed by atoms with Gasteiger partial charge < -0.3 is 50.5 Å². The third-order valence-electron chi connectivity index (χ3n) is 5.65. The van der Waals surface area contributed by atoms with Gasteiger partial charge in [0.15, 0.2) is 24.0 Å². The first-order valence-electron chi connectivity index (χ1n) is 10.5. The highest BCUT2D eigenvalue weighted by Crippen LogP contribution is 2.61. The molecule has 0 aromatic carbocycles. The van der Waals surface area contributed by atoms with Crippen molar-refractivity contribution in [2.45, 2.75) is 62.2 Å². The summed E-state index contributed by atoms with van der Waals surface area (Å²) < 4.78 is 49.5. The summed E-state index contributed by atoms with van der Waals surface area (Å²) in [7, 11) is -10.9. The van der Waals surface area contributed by atoms with E-state index in [4.69, 9.17) is 15.2 Å². The molecule has 11 atom stereocenters. The Bertz CT molecular complexity index is 1220. The van der Waals surface area contributed by atoms with Gasteiger partial charge in [0.05, 0.1) is 19.0 Å². The average molecular weight is 573 g/mol. The van der Waals surface area contributed by atoms with Gasteiger partial charge in [-0.1, -0.05) is 0 Å². The summed E-state index contributed by atoms with van der Waals surface area (Å²) in [5.41, 5.74) is 6.08. The zero-order chi connectivity index (χ0) is 27.3. The summed E-state index contributed by atoms with van der Waals surface area (Å²) in [6.07, 6.45) is -12.1. The number of ether oxygens (including phenoxy) is 2. The molecule has 0 radical (unpaired) electrons. The molecule has 2 saturated heterocycles. The van der Waals surface area contributed by atoms with Crippen molar-refractivity contribution in [2.24, 2.45) is 0 Å². The van der Waals surface area contributed by atoms with E-state index in [0.29, 0.717) is 0 Å². The van der Waals surface area contributed by atoms with Gasteiger partial charge in [-0.25, -0.2) is 24.1 Å². The molecule has 4 rings (SSSR count). The SMILES string of the molecule is C[C@@H]1OC(OP(=O)(O)OP(=O)(O)OC[C@H]2O[C@@H](n3cnc4c(N)ncnc43)[C@H](O)[C@@H]2O)[C@@H](O)[C@H](O)[C@@H]1O. The highest BCUT2D eigenvalue weighted by molar-refractivity contribution is 7.61. The lowest BCUT2D eigenvalue weighted by molar-refractivity contribution is -0.271. The van der Waals surface area contributed by atoms with Gasteiger partial charge in [-0.3, -0.25) is 13.6 Å². The Balaban J connectivity index is 1.38. The molecular formula is C16H25N5O14P2. The Morgan fingerprint density at radius 2 is 1.68 bits per heavy atom. The molecule has 4 heterocycles. The number of imidazole rings is 1. The number of fused-ring (bicyclic) bond motifs is 1. The Kier molecular flexibility index (Phi) is 8.03. The van der Waals surface area contributed by atoms with Gasteiger partial charge in [-0.2, -0.15) is 4.31 Å². The number of aliphatic hydroxyl groups is 5. The number of nitrogens with zero attached hydrogens (tertiary/aromatic N) is 4. The quantitative estimate of drug-likeness (QED) is 0.147. The Morgan fingerprint density at radius 3 is 2.38 bits per heavy atom. The normalized spacial score (nSPS) is 37.9. The van der Waals surface area contributed by atoms with Crippen LogP contribution in [0.25, 0.3) is 11.2 Å². The molecule has 2 aromatic heterocycles. The minimum atomic E-state index is -5.47. The third-order valence-corrected chi connectivity index (χ3v) is 8.25. The molecule has 0 aliphatic carbocycles. The number of hydrogen-bond donors (Lipinski definition) is 8. The van der Waals surface area contributed by atoms with Crippen LogP contribution in [0.15, 0.2) is 12.7 Å². The average Bonchev–Trinajstić information content (AvgIpc) is 3.36. The van der Waals surface area contributed by atoms with Crippen LogP contribution in [0.3, 0.4) is 0 Å². The van der Waals surface area contributed by atoms with E-state index in [9.17, 15) is 44.4 Å². The van der Waals surface area contributed by atoms with E-state index < -0.39 is 77.5 Å². The number of anilines is 1. The predicted molar refractivity (Wildman–Crippen MR) is 116 cm³/mol. The van der Waals surface area contributed by atoms with Crippen LogP contribution in [0, 0.1) is 0 Å². The maximum Gasteiger partial charge on any atom is 0.483 e. The fourth-order valence-corrected chi connectivity index (χ4v) is 5.88. The van der Waals surface area contributed by atoms with Crippen LogP contribution in [0.2, 0.25) is 0 Å². The number of nitrogen functional groups attached to an aromatic ring is 1. The molecule has 2 aliphatic heterocycles. The van der Waals surface area contributed by atoms with E-state index in [1.54, 1.807) is 0 Å². The number of hydrogen-bond acceptors (Lipinski definition) is 16. The standard InChI is InChI=1S/C16H25N5O14P2/c1-5-8(22)10(24)12(26)16(32-5)34-37(29,30)35-36(27,28)31-2-6-9(23)11(25)15(33-6)21-4-20-7-13(17)18-3-19-14(7)21/h3-6,8-12,15-16,22-26H,2H2,1H3,(H,27,28)(H,29,30)(H2,17,18,19)/t5-,6+,8+,9+,10+,11+,12-,15+,16?/m0/s1. The number of nitrogens with two attached hydrogens (primary N) is 1. The monoisotopic (exact) mass is 573 g/mol. The topological polar surface area (TPSA) is 292 Å². The van der Waals surface area contributed by atoms with E-state index in [-0.39, 0.29) is 17.0 Å². The molecule has 21 heteroatoms.